The lowest BCUT2D eigenvalue weighted by Crippen LogP contribution is -2.06. The lowest BCUT2D eigenvalue weighted by atomic mass is 10.0. The van der Waals surface area contributed by atoms with Gasteiger partial charge in [-0.15, -0.1) is 0 Å². The van der Waals surface area contributed by atoms with Gasteiger partial charge in [-0.05, 0) is 18.6 Å². The van der Waals surface area contributed by atoms with Gasteiger partial charge >= 0.3 is 6.18 Å². The summed E-state index contributed by atoms with van der Waals surface area (Å²) in [5.41, 5.74) is -0.209. The highest BCUT2D eigenvalue weighted by molar-refractivity contribution is 6.34. The van der Waals surface area contributed by atoms with E-state index in [1.165, 1.54) is 18.3 Å². The van der Waals surface area contributed by atoms with Gasteiger partial charge in [-0.25, -0.2) is 4.98 Å². The maximum atomic E-state index is 12.8. The van der Waals surface area contributed by atoms with Gasteiger partial charge < -0.3 is 0 Å². The number of benzene rings is 1. The monoisotopic (exact) mass is 245 g/mol. The molecule has 5 heteroatoms. The van der Waals surface area contributed by atoms with Gasteiger partial charge in [-0.2, -0.15) is 13.2 Å². The normalized spacial score (nSPS) is 12.1. The van der Waals surface area contributed by atoms with Crippen LogP contribution in [0.4, 0.5) is 13.2 Å². The minimum absolute atomic E-state index is 0.0895. The number of alkyl halides is 3. The van der Waals surface area contributed by atoms with E-state index in [2.05, 4.69) is 4.98 Å². The maximum Gasteiger partial charge on any atom is 0.417 e. The van der Waals surface area contributed by atoms with Gasteiger partial charge in [0.15, 0.2) is 0 Å². The third-order valence-electron chi connectivity index (χ3n) is 2.36. The Hall–Kier alpha value is -1.29. The highest BCUT2D eigenvalue weighted by Crippen LogP contribution is 2.37. The van der Waals surface area contributed by atoms with Crippen molar-refractivity contribution in [2.45, 2.75) is 13.1 Å². The molecule has 0 saturated carbocycles. The van der Waals surface area contributed by atoms with Crippen LogP contribution >= 0.6 is 11.6 Å². The standard InChI is InChI=1S/C11H7ClF3N/c1-6-5-16-10(12)7-3-2-4-8(9(6)7)11(13,14)15/h2-5H,1H3. The first-order chi connectivity index (χ1) is 7.41. The van der Waals surface area contributed by atoms with Crippen LogP contribution in [0.5, 0.6) is 0 Å². The predicted molar refractivity (Wildman–Crippen MR) is 56.5 cm³/mol. The maximum absolute atomic E-state index is 12.8. The van der Waals surface area contributed by atoms with Crippen molar-refractivity contribution in [2.75, 3.05) is 0 Å². The smallest absolute Gasteiger partial charge is 0.244 e. The van der Waals surface area contributed by atoms with Crippen molar-refractivity contribution in [3.05, 3.63) is 40.7 Å². The van der Waals surface area contributed by atoms with Crippen LogP contribution in [0.25, 0.3) is 10.8 Å². The second kappa shape index (κ2) is 3.63. The minimum Gasteiger partial charge on any atom is -0.244 e. The van der Waals surface area contributed by atoms with Crippen molar-refractivity contribution in [1.82, 2.24) is 4.98 Å². The first kappa shape index (κ1) is 11.2. The predicted octanol–water partition coefficient (Wildman–Crippen LogP) is 4.22. The molecule has 2 rings (SSSR count). The lowest BCUT2D eigenvalue weighted by molar-refractivity contribution is -0.136. The van der Waals surface area contributed by atoms with Gasteiger partial charge in [0.1, 0.15) is 5.15 Å². The molecular formula is C11H7ClF3N. The summed E-state index contributed by atoms with van der Waals surface area (Å²) in [5, 5.41) is 0.540. The van der Waals surface area contributed by atoms with Crippen molar-refractivity contribution in [3.8, 4) is 0 Å². The number of hydrogen-bond donors (Lipinski definition) is 0. The van der Waals surface area contributed by atoms with Gasteiger partial charge in [0.05, 0.1) is 5.56 Å². The van der Waals surface area contributed by atoms with Gasteiger partial charge in [0.2, 0.25) is 0 Å². The lowest BCUT2D eigenvalue weighted by Gasteiger charge is -2.12. The van der Waals surface area contributed by atoms with Crippen molar-refractivity contribution in [2.24, 2.45) is 0 Å². The fourth-order valence-corrected chi connectivity index (χ4v) is 1.88. The average molecular weight is 246 g/mol. The fraction of sp³-hybridized carbons (Fsp3) is 0.182. The first-order valence-corrected chi connectivity index (χ1v) is 4.90. The molecule has 0 bridgehead atoms. The van der Waals surface area contributed by atoms with E-state index in [4.69, 9.17) is 11.6 Å². The van der Waals surface area contributed by atoms with Crippen LogP contribution in [0.2, 0.25) is 5.15 Å². The second-order valence-corrected chi connectivity index (χ2v) is 3.82. The molecule has 0 spiro atoms. The number of hydrogen-bond acceptors (Lipinski definition) is 1. The Bertz CT molecular complexity index is 549. The molecule has 0 fully saturated rings. The molecule has 0 aliphatic heterocycles. The third-order valence-corrected chi connectivity index (χ3v) is 2.66. The van der Waals surface area contributed by atoms with Crippen molar-refractivity contribution < 1.29 is 13.2 Å². The summed E-state index contributed by atoms with van der Waals surface area (Å²) in [5.74, 6) is 0. The number of fused-ring (bicyclic) bond motifs is 1. The molecular weight excluding hydrogens is 239 g/mol. The Morgan fingerprint density at radius 1 is 1.25 bits per heavy atom. The van der Waals surface area contributed by atoms with Crippen LogP contribution in [-0.4, -0.2) is 4.98 Å². The van der Waals surface area contributed by atoms with Gasteiger partial charge in [0.25, 0.3) is 0 Å². The van der Waals surface area contributed by atoms with E-state index in [9.17, 15) is 13.2 Å². The second-order valence-electron chi connectivity index (χ2n) is 3.46. The number of nitrogens with zero attached hydrogens (tertiary/aromatic N) is 1. The molecule has 0 N–H and O–H groups in total. The molecule has 0 atom stereocenters. The molecule has 1 aromatic heterocycles. The highest BCUT2D eigenvalue weighted by Gasteiger charge is 2.33. The molecule has 16 heavy (non-hydrogen) atoms. The zero-order chi connectivity index (χ0) is 11.9. The number of aromatic nitrogens is 1. The number of pyridine rings is 1. The Labute approximate surface area is 94.9 Å². The largest absolute Gasteiger partial charge is 0.417 e. The Morgan fingerprint density at radius 3 is 2.56 bits per heavy atom. The minimum atomic E-state index is -4.38. The summed E-state index contributed by atoms with van der Waals surface area (Å²) in [7, 11) is 0. The van der Waals surface area contributed by atoms with E-state index < -0.39 is 11.7 Å². The summed E-state index contributed by atoms with van der Waals surface area (Å²) < 4.78 is 38.3. The topological polar surface area (TPSA) is 12.9 Å². The van der Waals surface area contributed by atoms with Crippen molar-refractivity contribution in [3.63, 3.8) is 0 Å². The van der Waals surface area contributed by atoms with E-state index in [1.807, 2.05) is 0 Å². The third kappa shape index (κ3) is 1.73. The molecule has 0 saturated heterocycles. The summed E-state index contributed by atoms with van der Waals surface area (Å²) in [4.78, 5) is 3.83. The average Bonchev–Trinajstić information content (AvgIpc) is 2.22. The number of aryl methyl sites for hydroxylation is 1. The summed E-state index contributed by atoms with van der Waals surface area (Å²) >= 11 is 5.77. The molecule has 0 amide bonds. The van der Waals surface area contributed by atoms with E-state index in [0.29, 0.717) is 10.9 Å². The Balaban J connectivity index is 2.92. The van der Waals surface area contributed by atoms with E-state index in [1.54, 1.807) is 6.92 Å². The Morgan fingerprint density at radius 2 is 1.94 bits per heavy atom. The number of halogens is 4. The highest BCUT2D eigenvalue weighted by atomic mass is 35.5. The van der Waals surface area contributed by atoms with Crippen LogP contribution in [-0.2, 0) is 6.18 Å². The molecule has 0 aliphatic carbocycles. The van der Waals surface area contributed by atoms with E-state index in [-0.39, 0.29) is 10.5 Å². The molecule has 0 radical (unpaired) electrons. The van der Waals surface area contributed by atoms with E-state index in [0.717, 1.165) is 6.07 Å². The molecule has 0 unspecified atom stereocenters. The van der Waals surface area contributed by atoms with Gasteiger partial charge in [0, 0.05) is 17.0 Å². The molecule has 1 aromatic carbocycles. The summed E-state index contributed by atoms with van der Waals surface area (Å²) in [6.07, 6.45) is -3.03. The quantitative estimate of drug-likeness (QED) is 0.634. The molecule has 1 nitrogen and oxygen atoms in total. The van der Waals surface area contributed by atoms with Crippen LogP contribution in [0, 0.1) is 6.92 Å². The molecule has 2 aromatic rings. The zero-order valence-electron chi connectivity index (χ0n) is 8.27. The van der Waals surface area contributed by atoms with Crippen LogP contribution in [0.1, 0.15) is 11.1 Å². The van der Waals surface area contributed by atoms with Gasteiger partial charge in [-0.3, -0.25) is 0 Å². The molecule has 84 valence electrons. The fourth-order valence-electron chi connectivity index (χ4n) is 1.67. The zero-order valence-corrected chi connectivity index (χ0v) is 9.02. The Kier molecular flexibility index (Phi) is 2.54. The van der Waals surface area contributed by atoms with Gasteiger partial charge in [-0.1, -0.05) is 23.7 Å². The van der Waals surface area contributed by atoms with Crippen molar-refractivity contribution in [1.29, 1.82) is 0 Å². The van der Waals surface area contributed by atoms with Crippen molar-refractivity contribution >= 4 is 22.4 Å². The molecule has 1 heterocycles. The first-order valence-electron chi connectivity index (χ1n) is 4.52. The van der Waals surface area contributed by atoms with Crippen LogP contribution in [0.3, 0.4) is 0 Å². The summed E-state index contributed by atoms with van der Waals surface area (Å²) in [6.45, 7) is 1.58. The SMILES string of the molecule is Cc1cnc(Cl)c2cccc(C(F)(F)F)c12. The summed E-state index contributed by atoms with van der Waals surface area (Å²) in [6, 6.07) is 3.91. The van der Waals surface area contributed by atoms with Crippen LogP contribution < -0.4 is 0 Å². The number of rotatable bonds is 0. The van der Waals surface area contributed by atoms with E-state index >= 15 is 0 Å². The molecule has 0 aliphatic rings. The van der Waals surface area contributed by atoms with Crippen LogP contribution in [0.15, 0.2) is 24.4 Å².